The molecule has 9 nitrogen and oxygen atoms in total. The monoisotopic (exact) mass is 480 g/mol. The van der Waals surface area contributed by atoms with Gasteiger partial charge in [-0.1, -0.05) is 41.9 Å². The van der Waals surface area contributed by atoms with E-state index in [0.717, 1.165) is 5.56 Å². The quantitative estimate of drug-likeness (QED) is 0.518. The molecule has 2 amide bonds. The Kier molecular flexibility index (Phi) is 5.28. The molecule has 0 saturated carbocycles. The van der Waals surface area contributed by atoms with Gasteiger partial charge in [-0.05, 0) is 23.8 Å². The molecular weight excluding hydrogens is 460 g/mol. The SMILES string of the molecule is COc1cc(OC)nc(O[C@@H]2C(=O)N3CC(=O)N(C)c4ccc(Cl)cc4[C@]23c2ccccc2)n1. The maximum absolute atomic E-state index is 13.5. The van der Waals surface area contributed by atoms with Gasteiger partial charge in [0.25, 0.3) is 5.91 Å². The Morgan fingerprint density at radius 2 is 1.68 bits per heavy atom. The number of hydrogen-bond donors (Lipinski definition) is 0. The van der Waals surface area contributed by atoms with Gasteiger partial charge in [-0.3, -0.25) is 9.59 Å². The first-order valence-corrected chi connectivity index (χ1v) is 10.8. The summed E-state index contributed by atoms with van der Waals surface area (Å²) in [6, 6.07) is 16.1. The average Bonchev–Trinajstić information content (AvgIpc) is 2.94. The second kappa shape index (κ2) is 8.18. The summed E-state index contributed by atoms with van der Waals surface area (Å²) in [5, 5.41) is 0.467. The summed E-state index contributed by atoms with van der Waals surface area (Å²) in [7, 11) is 4.59. The lowest BCUT2D eigenvalue weighted by atomic mass is 9.69. The summed E-state index contributed by atoms with van der Waals surface area (Å²) in [4.78, 5) is 38.0. The Hall–Kier alpha value is -3.85. The molecule has 5 rings (SSSR count). The van der Waals surface area contributed by atoms with Gasteiger partial charge in [0.15, 0.2) is 0 Å². The molecule has 34 heavy (non-hydrogen) atoms. The van der Waals surface area contributed by atoms with Gasteiger partial charge in [0.1, 0.15) is 12.1 Å². The van der Waals surface area contributed by atoms with E-state index in [9.17, 15) is 9.59 Å². The molecule has 0 N–H and O–H groups in total. The first-order valence-electron chi connectivity index (χ1n) is 10.5. The molecule has 0 radical (unpaired) electrons. The van der Waals surface area contributed by atoms with Crippen molar-refractivity contribution in [3.63, 3.8) is 0 Å². The van der Waals surface area contributed by atoms with Crippen molar-refractivity contribution in [2.75, 3.05) is 32.7 Å². The molecule has 0 unspecified atom stereocenters. The molecule has 0 aliphatic carbocycles. The minimum atomic E-state index is -1.14. The molecule has 2 aliphatic rings. The van der Waals surface area contributed by atoms with Crippen LogP contribution >= 0.6 is 11.6 Å². The van der Waals surface area contributed by atoms with Crippen LogP contribution in [0, 0.1) is 0 Å². The van der Waals surface area contributed by atoms with E-state index in [0.29, 0.717) is 16.3 Å². The molecule has 10 heteroatoms. The van der Waals surface area contributed by atoms with Crippen LogP contribution in [-0.4, -0.2) is 60.6 Å². The highest BCUT2D eigenvalue weighted by Gasteiger charge is 2.66. The lowest BCUT2D eigenvalue weighted by Gasteiger charge is -2.55. The standard InChI is InChI=1S/C24H21ClN4O5/c1-28-17-10-9-15(25)11-16(17)24(14-7-5-4-6-8-14)21(22(31)29(24)13-20(28)30)34-23-26-18(32-2)12-19(27-23)33-3/h4-12,21H,13H2,1-3H3/t21-,24-/m1/s1. The van der Waals surface area contributed by atoms with Gasteiger partial charge >= 0.3 is 6.01 Å². The van der Waals surface area contributed by atoms with Crippen molar-refractivity contribution in [1.29, 1.82) is 0 Å². The van der Waals surface area contributed by atoms with E-state index in [4.69, 9.17) is 25.8 Å². The second-order valence-electron chi connectivity index (χ2n) is 7.90. The van der Waals surface area contributed by atoms with E-state index in [1.165, 1.54) is 30.1 Å². The highest BCUT2D eigenvalue weighted by Crippen LogP contribution is 2.53. The van der Waals surface area contributed by atoms with E-state index < -0.39 is 11.6 Å². The maximum Gasteiger partial charge on any atom is 0.323 e. The Morgan fingerprint density at radius 3 is 2.32 bits per heavy atom. The van der Waals surface area contributed by atoms with Crippen LogP contribution in [-0.2, 0) is 15.1 Å². The van der Waals surface area contributed by atoms with Crippen molar-refractivity contribution in [1.82, 2.24) is 14.9 Å². The molecule has 2 atom stereocenters. The van der Waals surface area contributed by atoms with Crippen molar-refractivity contribution >= 4 is 29.1 Å². The van der Waals surface area contributed by atoms with Gasteiger partial charge in [0.05, 0.1) is 20.3 Å². The number of nitrogens with zero attached hydrogens (tertiary/aromatic N) is 4. The number of benzene rings is 2. The van der Waals surface area contributed by atoms with Crippen molar-refractivity contribution in [2.45, 2.75) is 11.6 Å². The Labute approximate surface area is 200 Å². The predicted octanol–water partition coefficient (Wildman–Crippen LogP) is 2.66. The number of likely N-dealkylation sites (N-methyl/N-ethyl adjacent to an activating group) is 1. The van der Waals surface area contributed by atoms with Gasteiger partial charge in [0, 0.05) is 23.3 Å². The number of halogens is 1. The number of carbonyl (C=O) groups is 2. The number of fused-ring (bicyclic) bond motifs is 3. The Morgan fingerprint density at radius 1 is 1.00 bits per heavy atom. The van der Waals surface area contributed by atoms with Crippen molar-refractivity contribution in [3.8, 4) is 17.8 Å². The van der Waals surface area contributed by atoms with Crippen LogP contribution in [0.25, 0.3) is 0 Å². The predicted molar refractivity (Wildman–Crippen MR) is 123 cm³/mol. The van der Waals surface area contributed by atoms with E-state index in [-0.39, 0.29) is 36.1 Å². The molecule has 1 fully saturated rings. The van der Waals surface area contributed by atoms with E-state index in [1.54, 1.807) is 25.2 Å². The van der Waals surface area contributed by atoms with Gasteiger partial charge < -0.3 is 24.0 Å². The fourth-order valence-electron chi connectivity index (χ4n) is 4.58. The summed E-state index contributed by atoms with van der Waals surface area (Å²) in [6.45, 7) is -0.126. The summed E-state index contributed by atoms with van der Waals surface area (Å²) in [5.41, 5.74) is 0.921. The van der Waals surface area contributed by atoms with Crippen LogP contribution in [0.5, 0.6) is 17.8 Å². The number of aromatic nitrogens is 2. The number of hydrogen-bond acceptors (Lipinski definition) is 7. The molecule has 1 aromatic heterocycles. The number of methoxy groups -OCH3 is 2. The van der Waals surface area contributed by atoms with Gasteiger partial charge in [0.2, 0.25) is 23.8 Å². The molecule has 0 bridgehead atoms. The van der Waals surface area contributed by atoms with Crippen LogP contribution in [0.2, 0.25) is 5.02 Å². The summed E-state index contributed by atoms with van der Waals surface area (Å²) in [6.07, 6.45) is -1.07. The maximum atomic E-state index is 13.5. The smallest absolute Gasteiger partial charge is 0.323 e. The Balaban J connectivity index is 1.73. The molecule has 3 aromatic rings. The van der Waals surface area contributed by atoms with Gasteiger partial charge in [-0.25, -0.2) is 0 Å². The minimum absolute atomic E-state index is 0.0861. The van der Waals surface area contributed by atoms with Gasteiger partial charge in [-0.2, -0.15) is 9.97 Å². The highest BCUT2D eigenvalue weighted by atomic mass is 35.5. The van der Waals surface area contributed by atoms with E-state index >= 15 is 0 Å². The van der Waals surface area contributed by atoms with Crippen molar-refractivity contribution in [3.05, 3.63) is 70.7 Å². The zero-order chi connectivity index (χ0) is 24.0. The first-order chi connectivity index (χ1) is 16.4. The first kappa shape index (κ1) is 22.0. The summed E-state index contributed by atoms with van der Waals surface area (Å²) >= 11 is 6.42. The third-order valence-electron chi connectivity index (χ3n) is 6.21. The average molecular weight is 481 g/mol. The number of rotatable bonds is 5. The molecule has 1 saturated heterocycles. The molecule has 174 valence electrons. The fraction of sp³-hybridized carbons (Fsp3) is 0.250. The fourth-order valence-corrected chi connectivity index (χ4v) is 4.75. The van der Waals surface area contributed by atoms with Crippen LogP contribution in [0.1, 0.15) is 11.1 Å². The van der Waals surface area contributed by atoms with E-state index in [1.807, 2.05) is 30.3 Å². The summed E-state index contributed by atoms with van der Waals surface area (Å²) in [5.74, 6) is -0.159. The van der Waals surface area contributed by atoms with Crippen molar-refractivity contribution in [2.24, 2.45) is 0 Å². The van der Waals surface area contributed by atoms with E-state index in [2.05, 4.69) is 9.97 Å². The van der Waals surface area contributed by atoms with Crippen LogP contribution < -0.4 is 19.1 Å². The number of anilines is 1. The van der Waals surface area contributed by atoms with Crippen LogP contribution in [0.15, 0.2) is 54.6 Å². The highest BCUT2D eigenvalue weighted by molar-refractivity contribution is 6.30. The molecular formula is C24H21ClN4O5. The third-order valence-corrected chi connectivity index (χ3v) is 6.44. The van der Waals surface area contributed by atoms with Gasteiger partial charge in [-0.15, -0.1) is 0 Å². The zero-order valence-electron chi connectivity index (χ0n) is 18.7. The third kappa shape index (κ3) is 3.15. The Bertz CT molecular complexity index is 1270. The molecule has 2 aliphatic heterocycles. The van der Waals surface area contributed by atoms with Crippen LogP contribution in [0.4, 0.5) is 5.69 Å². The summed E-state index contributed by atoms with van der Waals surface area (Å²) < 4.78 is 16.6. The second-order valence-corrected chi connectivity index (χ2v) is 8.34. The van der Waals surface area contributed by atoms with Crippen molar-refractivity contribution < 1.29 is 23.8 Å². The molecule has 3 heterocycles. The number of amides is 2. The largest absolute Gasteiger partial charge is 0.481 e. The number of carbonyl (C=O) groups excluding carboxylic acids is 2. The number of ether oxygens (including phenoxy) is 3. The minimum Gasteiger partial charge on any atom is -0.481 e. The topological polar surface area (TPSA) is 94.1 Å². The molecule has 2 aromatic carbocycles. The lowest BCUT2D eigenvalue weighted by molar-refractivity contribution is -0.178. The van der Waals surface area contributed by atoms with Crippen LogP contribution in [0.3, 0.4) is 0 Å². The normalized spacial score (nSPS) is 21.2. The number of β-lactam (4-membered cyclic amide) rings is 1. The molecule has 0 spiro atoms. The zero-order valence-corrected chi connectivity index (χ0v) is 19.4. The lowest BCUT2D eigenvalue weighted by Crippen LogP contribution is -2.74.